The van der Waals surface area contributed by atoms with E-state index in [1.807, 2.05) is 0 Å². The lowest BCUT2D eigenvalue weighted by molar-refractivity contribution is -0.166. The van der Waals surface area contributed by atoms with Crippen molar-refractivity contribution in [3.63, 3.8) is 0 Å². The monoisotopic (exact) mass is 491 g/mol. The van der Waals surface area contributed by atoms with Gasteiger partial charge in [0.1, 0.15) is 37.0 Å². The van der Waals surface area contributed by atoms with Crippen LogP contribution in [0.1, 0.15) is 78.6 Å². The Bertz CT molecular complexity index is 824. The maximum atomic E-state index is 13.9. The van der Waals surface area contributed by atoms with Gasteiger partial charge in [-0.2, -0.15) is 0 Å². The number of carbonyl (C=O) groups is 3. The van der Waals surface area contributed by atoms with Crippen molar-refractivity contribution in [3.05, 3.63) is 0 Å². The second-order valence-electron chi connectivity index (χ2n) is 12.4. The van der Waals surface area contributed by atoms with Gasteiger partial charge < -0.3 is 14.6 Å². The Morgan fingerprint density at radius 2 is 1.69 bits per heavy atom. The molecule has 4 aliphatic rings. The zero-order valence-electron chi connectivity index (χ0n) is 22.3. The minimum absolute atomic E-state index is 0.0474. The van der Waals surface area contributed by atoms with Crippen LogP contribution in [0.25, 0.3) is 0 Å². The molecular weight excluding hydrogens is 446 g/mol. The first-order chi connectivity index (χ1) is 16.6. The molecule has 4 aliphatic carbocycles. The van der Waals surface area contributed by atoms with Crippen molar-refractivity contribution in [2.24, 2.45) is 46.3 Å². The Morgan fingerprint density at radius 3 is 2.34 bits per heavy atom. The van der Waals surface area contributed by atoms with Crippen LogP contribution in [0.3, 0.4) is 0 Å². The van der Waals surface area contributed by atoms with E-state index in [4.69, 9.17) is 9.47 Å². The van der Waals surface area contributed by atoms with Gasteiger partial charge in [0.05, 0.1) is 0 Å². The van der Waals surface area contributed by atoms with Crippen LogP contribution in [-0.4, -0.2) is 61.3 Å². The van der Waals surface area contributed by atoms with Crippen molar-refractivity contribution in [1.82, 2.24) is 4.90 Å². The fourth-order valence-corrected chi connectivity index (χ4v) is 8.73. The third-order valence-corrected chi connectivity index (χ3v) is 10.8. The molecular formula is C28H45NO6. The van der Waals surface area contributed by atoms with E-state index in [0.717, 1.165) is 25.7 Å². The van der Waals surface area contributed by atoms with E-state index in [2.05, 4.69) is 20.8 Å². The fourth-order valence-electron chi connectivity index (χ4n) is 8.73. The maximum absolute atomic E-state index is 13.9. The summed E-state index contributed by atoms with van der Waals surface area (Å²) in [6.45, 7) is 7.18. The molecule has 0 aromatic heterocycles. The average Bonchev–Trinajstić information content (AvgIpc) is 3.17. The Labute approximate surface area is 210 Å². The maximum Gasteiger partial charge on any atom is 0.139 e. The van der Waals surface area contributed by atoms with Gasteiger partial charge in [0.15, 0.2) is 0 Å². The first-order valence-corrected chi connectivity index (χ1v) is 13.6. The van der Waals surface area contributed by atoms with Crippen LogP contribution in [0.2, 0.25) is 0 Å². The van der Waals surface area contributed by atoms with Crippen LogP contribution in [0.5, 0.6) is 0 Å². The topological polar surface area (TPSA) is 93.1 Å². The number of methoxy groups -OCH3 is 2. The number of hydrogen-bond donors (Lipinski definition) is 1. The van der Waals surface area contributed by atoms with Crippen molar-refractivity contribution in [2.45, 2.75) is 84.8 Å². The van der Waals surface area contributed by atoms with Gasteiger partial charge in [0.2, 0.25) is 0 Å². The lowest BCUT2D eigenvalue weighted by Gasteiger charge is -2.58. The number of carbonyl (C=O) groups excluding carboxylic acids is 3. The van der Waals surface area contributed by atoms with Crippen molar-refractivity contribution < 1.29 is 29.0 Å². The molecule has 4 fully saturated rings. The van der Waals surface area contributed by atoms with Gasteiger partial charge in [-0.25, -0.2) is 4.90 Å². The number of ketones is 3. The molecule has 35 heavy (non-hydrogen) atoms. The Morgan fingerprint density at radius 1 is 1.00 bits per heavy atom. The molecule has 0 heterocycles. The molecule has 0 aromatic carbocycles. The highest BCUT2D eigenvalue weighted by molar-refractivity contribution is 5.93. The van der Waals surface area contributed by atoms with Gasteiger partial charge in [-0.1, -0.05) is 20.8 Å². The van der Waals surface area contributed by atoms with Gasteiger partial charge >= 0.3 is 0 Å². The molecule has 0 saturated heterocycles. The molecule has 5 unspecified atom stereocenters. The van der Waals surface area contributed by atoms with Crippen LogP contribution in [0.4, 0.5) is 0 Å². The first kappa shape index (κ1) is 26.9. The number of aliphatic hydroxyl groups excluding tert-OH is 1. The smallest absolute Gasteiger partial charge is 0.139 e. The van der Waals surface area contributed by atoms with E-state index < -0.39 is 11.6 Å². The van der Waals surface area contributed by atoms with E-state index in [0.29, 0.717) is 57.1 Å². The van der Waals surface area contributed by atoms with Crippen molar-refractivity contribution in [2.75, 3.05) is 27.7 Å². The molecule has 198 valence electrons. The minimum atomic E-state index is -0.667. The molecule has 0 aromatic rings. The van der Waals surface area contributed by atoms with Crippen LogP contribution in [-0.2, 0) is 23.9 Å². The van der Waals surface area contributed by atoms with E-state index in [-0.39, 0.29) is 46.7 Å². The Hall–Kier alpha value is -1.15. The number of rotatable bonds is 9. The molecule has 4 saturated carbocycles. The normalized spacial score (nSPS) is 40.9. The Kier molecular flexibility index (Phi) is 7.92. The van der Waals surface area contributed by atoms with Crippen LogP contribution in [0, 0.1) is 46.3 Å². The second-order valence-corrected chi connectivity index (χ2v) is 12.4. The molecule has 0 amide bonds. The average molecular weight is 492 g/mol. The lowest BCUT2D eigenvalue weighted by Crippen LogP contribution is -2.60. The third-order valence-electron chi connectivity index (χ3n) is 10.8. The largest absolute Gasteiger partial charge is 0.378 e. The van der Waals surface area contributed by atoms with Gasteiger partial charge in [-0.05, 0) is 67.1 Å². The number of ether oxygens (including phenoxy) is 2. The summed E-state index contributed by atoms with van der Waals surface area (Å²) in [5.41, 5.74) is -0.558. The number of hydrogen-bond acceptors (Lipinski definition) is 7. The highest BCUT2D eigenvalue weighted by Crippen LogP contribution is 2.66. The quantitative estimate of drug-likeness (QED) is 0.490. The number of aliphatic hydroxyl groups is 1. The second kappa shape index (κ2) is 10.3. The zero-order chi connectivity index (χ0) is 25.5. The molecule has 0 spiro atoms. The summed E-state index contributed by atoms with van der Waals surface area (Å²) in [7, 11) is 3.19. The summed E-state index contributed by atoms with van der Waals surface area (Å²) < 4.78 is 10.4. The lowest BCUT2D eigenvalue weighted by atomic mass is 9.44. The standard InChI is InChI=1S/C28H45NO6/c1-17(6-9-25(33)29(15-34-4)16-35-5)20-7-8-21-26-22(14-24(32)28(20,21)3)27(2)11-10-19(30)12-18(27)13-23(26)31/h17-18,20-22,25-26,33H,6-16H2,1-5H3/t17-,18?,20-,21+,22+,25?,26?,27?,28?/m1/s1. The highest BCUT2D eigenvalue weighted by Gasteiger charge is 2.66. The molecule has 0 radical (unpaired) electrons. The summed E-state index contributed by atoms with van der Waals surface area (Å²) in [6.07, 6.45) is 5.49. The third kappa shape index (κ3) is 4.55. The minimum Gasteiger partial charge on any atom is -0.378 e. The summed E-state index contributed by atoms with van der Waals surface area (Å²) in [6, 6.07) is 0. The van der Waals surface area contributed by atoms with E-state index in [9.17, 15) is 19.5 Å². The predicted octanol–water partition coefficient (Wildman–Crippen LogP) is 3.82. The van der Waals surface area contributed by atoms with Crippen molar-refractivity contribution >= 4 is 17.3 Å². The first-order valence-electron chi connectivity index (χ1n) is 13.6. The van der Waals surface area contributed by atoms with E-state index in [1.54, 1.807) is 19.1 Å². The van der Waals surface area contributed by atoms with Gasteiger partial charge in [0.25, 0.3) is 0 Å². The van der Waals surface area contributed by atoms with Gasteiger partial charge in [-0.15, -0.1) is 0 Å². The summed E-state index contributed by atoms with van der Waals surface area (Å²) >= 11 is 0. The van der Waals surface area contributed by atoms with Crippen LogP contribution >= 0.6 is 0 Å². The van der Waals surface area contributed by atoms with E-state index in [1.165, 1.54) is 0 Å². The molecule has 0 aliphatic heterocycles. The molecule has 4 rings (SSSR count). The van der Waals surface area contributed by atoms with Gasteiger partial charge in [-0.3, -0.25) is 14.4 Å². The summed E-state index contributed by atoms with van der Waals surface area (Å²) in [4.78, 5) is 41.3. The van der Waals surface area contributed by atoms with Crippen molar-refractivity contribution in [3.8, 4) is 0 Å². The molecule has 9 atom stereocenters. The SMILES string of the molecule is COCN(COC)C(O)CC[C@@H](C)[C@H]1CC[C@H]2C3C(=O)CC4CC(=O)CCC4(C)[C@H]3CC(=O)C12C. The van der Waals surface area contributed by atoms with Crippen molar-refractivity contribution in [1.29, 1.82) is 0 Å². The van der Waals surface area contributed by atoms with Crippen LogP contribution < -0.4 is 0 Å². The zero-order valence-corrected chi connectivity index (χ0v) is 22.3. The van der Waals surface area contributed by atoms with Crippen LogP contribution in [0.15, 0.2) is 0 Å². The summed E-state index contributed by atoms with van der Waals surface area (Å²) in [5.74, 6) is 1.63. The molecule has 7 heteroatoms. The molecule has 0 bridgehead atoms. The molecule has 1 N–H and O–H groups in total. The summed E-state index contributed by atoms with van der Waals surface area (Å²) in [5, 5.41) is 10.7. The number of Topliss-reactive ketones (excluding diaryl/α,β-unsaturated/α-hetero) is 3. The fraction of sp³-hybridized carbons (Fsp3) is 0.893. The number of nitrogens with zero attached hydrogens (tertiary/aromatic N) is 1. The van der Waals surface area contributed by atoms with E-state index >= 15 is 0 Å². The Balaban J connectivity index is 1.49. The molecule has 7 nitrogen and oxygen atoms in total. The van der Waals surface area contributed by atoms with Gasteiger partial charge in [0, 0.05) is 51.2 Å². The number of fused-ring (bicyclic) bond motifs is 5. The highest BCUT2D eigenvalue weighted by atomic mass is 16.5. The predicted molar refractivity (Wildman–Crippen MR) is 131 cm³/mol.